The zero-order valence-corrected chi connectivity index (χ0v) is 20.6. The molecule has 0 bridgehead atoms. The normalized spacial score (nSPS) is 15.5. The van der Waals surface area contributed by atoms with Crippen LogP contribution in [0.25, 0.3) is 21.5 Å². The second-order valence-electron chi connectivity index (χ2n) is 8.28. The van der Waals surface area contributed by atoms with Gasteiger partial charge in [0.1, 0.15) is 23.2 Å². The van der Waals surface area contributed by atoms with Crippen molar-refractivity contribution in [1.29, 1.82) is 0 Å². The quantitative estimate of drug-likeness (QED) is 0.343. The Labute approximate surface area is 215 Å². The van der Waals surface area contributed by atoms with Gasteiger partial charge in [-0.15, -0.1) is 0 Å². The number of nitrogens with zero attached hydrogens (tertiary/aromatic N) is 5. The summed E-state index contributed by atoms with van der Waals surface area (Å²) in [5, 5.41) is 6.74. The van der Waals surface area contributed by atoms with E-state index in [-0.39, 0.29) is 24.2 Å². The second kappa shape index (κ2) is 10.8. The summed E-state index contributed by atoms with van der Waals surface area (Å²) in [7, 11) is 0. The molecular formula is C25H24FN7O3S. The summed E-state index contributed by atoms with van der Waals surface area (Å²) in [4.78, 5) is 40.4. The highest BCUT2D eigenvalue weighted by molar-refractivity contribution is 7.18. The lowest BCUT2D eigenvalue weighted by Crippen LogP contribution is -2.55. The van der Waals surface area contributed by atoms with Crippen LogP contribution in [0.4, 0.5) is 15.3 Å². The van der Waals surface area contributed by atoms with Crippen LogP contribution >= 0.6 is 11.3 Å². The van der Waals surface area contributed by atoms with E-state index in [9.17, 15) is 14.0 Å². The van der Waals surface area contributed by atoms with Crippen LogP contribution in [0.3, 0.4) is 0 Å². The molecule has 0 radical (unpaired) electrons. The minimum Gasteiger partial charge on any atom is -0.377 e. The van der Waals surface area contributed by atoms with Gasteiger partial charge in [-0.1, -0.05) is 30.0 Å². The molecule has 2 amide bonds. The fourth-order valence-corrected chi connectivity index (χ4v) is 4.84. The molecule has 1 aromatic carbocycles. The van der Waals surface area contributed by atoms with Crippen LogP contribution in [0.1, 0.15) is 0 Å². The zero-order chi connectivity index (χ0) is 25.8. The van der Waals surface area contributed by atoms with E-state index < -0.39 is 6.04 Å². The smallest absolute Gasteiger partial charge is 0.246 e. The van der Waals surface area contributed by atoms with Crippen LogP contribution in [0.15, 0.2) is 61.7 Å². The van der Waals surface area contributed by atoms with Crippen molar-refractivity contribution in [2.75, 3.05) is 31.6 Å². The van der Waals surface area contributed by atoms with Crippen molar-refractivity contribution >= 4 is 45.1 Å². The monoisotopic (exact) mass is 521 g/mol. The number of hydrogen-bond donors (Lipinski definition) is 2. The Morgan fingerprint density at radius 2 is 2.05 bits per heavy atom. The van der Waals surface area contributed by atoms with Gasteiger partial charge >= 0.3 is 0 Å². The van der Waals surface area contributed by atoms with Gasteiger partial charge in [-0.05, 0) is 23.8 Å². The van der Waals surface area contributed by atoms with Gasteiger partial charge < -0.3 is 24.8 Å². The van der Waals surface area contributed by atoms with Crippen molar-refractivity contribution in [2.24, 2.45) is 0 Å². The van der Waals surface area contributed by atoms with E-state index in [4.69, 9.17) is 4.74 Å². The fraction of sp³-hybridized carbons (Fsp3) is 0.240. The number of carbonyl (C=O) groups excluding carboxylic acids is 2. The van der Waals surface area contributed by atoms with Crippen LogP contribution in [0.2, 0.25) is 0 Å². The first-order valence-corrected chi connectivity index (χ1v) is 12.4. The Morgan fingerprint density at radius 1 is 1.22 bits per heavy atom. The van der Waals surface area contributed by atoms with Crippen LogP contribution in [0, 0.1) is 5.82 Å². The topological polar surface area (TPSA) is 114 Å². The van der Waals surface area contributed by atoms with Crippen molar-refractivity contribution in [3.05, 3.63) is 67.5 Å². The van der Waals surface area contributed by atoms with Gasteiger partial charge in [-0.25, -0.2) is 19.3 Å². The third-order valence-electron chi connectivity index (χ3n) is 5.92. The number of morpholine rings is 1. The van der Waals surface area contributed by atoms with Crippen LogP contribution in [-0.2, 0) is 20.9 Å². The number of benzene rings is 1. The average molecular weight is 522 g/mol. The van der Waals surface area contributed by atoms with E-state index in [1.807, 2.05) is 10.6 Å². The Balaban J connectivity index is 1.22. The minimum absolute atomic E-state index is 0.153. The molecule has 0 saturated carbocycles. The summed E-state index contributed by atoms with van der Waals surface area (Å²) in [6.45, 7) is 5.22. The third-order valence-corrected chi connectivity index (χ3v) is 6.88. The van der Waals surface area contributed by atoms with Gasteiger partial charge in [-0.3, -0.25) is 9.59 Å². The molecule has 1 saturated heterocycles. The average Bonchev–Trinajstić information content (AvgIpc) is 3.55. The van der Waals surface area contributed by atoms with Gasteiger partial charge in [-0.2, -0.15) is 0 Å². The highest BCUT2D eigenvalue weighted by Crippen LogP contribution is 2.30. The predicted molar refractivity (Wildman–Crippen MR) is 138 cm³/mol. The molecule has 1 aliphatic rings. The number of hydrogen-bond acceptors (Lipinski definition) is 8. The first-order valence-electron chi connectivity index (χ1n) is 11.6. The SMILES string of the molecule is C=CC(=O)N1CCOC[C@H]1C(=O)NCCn1cnc2cnc(Nc3ncc(-c4ccc(F)cc4)s3)cc21. The molecule has 10 nitrogen and oxygen atoms in total. The minimum atomic E-state index is -0.683. The van der Waals surface area contributed by atoms with Crippen LogP contribution in [0.5, 0.6) is 0 Å². The Hall–Kier alpha value is -4.16. The molecular weight excluding hydrogens is 497 g/mol. The third kappa shape index (κ3) is 5.49. The molecule has 1 fully saturated rings. The summed E-state index contributed by atoms with van der Waals surface area (Å²) >= 11 is 1.43. The molecule has 1 atom stereocenters. The number of anilines is 2. The highest BCUT2D eigenvalue weighted by Gasteiger charge is 2.31. The highest BCUT2D eigenvalue weighted by atomic mass is 32.1. The number of thiazole rings is 1. The second-order valence-corrected chi connectivity index (χ2v) is 9.31. The maximum absolute atomic E-state index is 13.2. The first-order chi connectivity index (χ1) is 18.0. The molecule has 4 heterocycles. The van der Waals surface area contributed by atoms with Gasteiger partial charge in [0.2, 0.25) is 11.8 Å². The van der Waals surface area contributed by atoms with E-state index >= 15 is 0 Å². The molecule has 0 spiro atoms. The lowest BCUT2D eigenvalue weighted by molar-refractivity contribution is -0.145. The van der Waals surface area contributed by atoms with Crippen molar-refractivity contribution in [1.82, 2.24) is 29.7 Å². The maximum Gasteiger partial charge on any atom is 0.246 e. The number of halogens is 1. The number of ether oxygens (including phenoxy) is 1. The van der Waals surface area contributed by atoms with E-state index in [2.05, 4.69) is 32.2 Å². The molecule has 0 aliphatic carbocycles. The largest absolute Gasteiger partial charge is 0.377 e. The molecule has 4 aromatic rings. The molecule has 37 heavy (non-hydrogen) atoms. The van der Waals surface area contributed by atoms with Crippen molar-refractivity contribution in [3.8, 4) is 10.4 Å². The summed E-state index contributed by atoms with van der Waals surface area (Å²) in [6, 6.07) is 7.44. The van der Waals surface area contributed by atoms with Crippen molar-refractivity contribution < 1.29 is 18.7 Å². The molecule has 2 N–H and O–H groups in total. The summed E-state index contributed by atoms with van der Waals surface area (Å²) < 4.78 is 20.5. The molecule has 190 valence electrons. The number of amides is 2. The summed E-state index contributed by atoms with van der Waals surface area (Å²) in [6.07, 6.45) is 6.29. The lowest BCUT2D eigenvalue weighted by Gasteiger charge is -2.33. The van der Waals surface area contributed by atoms with Gasteiger partial charge in [0, 0.05) is 31.9 Å². The zero-order valence-electron chi connectivity index (χ0n) is 19.8. The van der Waals surface area contributed by atoms with Gasteiger partial charge in [0.15, 0.2) is 5.13 Å². The number of rotatable bonds is 8. The summed E-state index contributed by atoms with van der Waals surface area (Å²) in [5.41, 5.74) is 2.44. The van der Waals surface area contributed by atoms with Crippen LogP contribution < -0.4 is 10.6 Å². The molecule has 12 heteroatoms. The molecule has 3 aromatic heterocycles. The molecule has 1 aliphatic heterocycles. The molecule has 5 rings (SSSR count). The van der Waals surface area contributed by atoms with Gasteiger partial charge in [0.05, 0.1) is 36.1 Å². The predicted octanol–water partition coefficient (Wildman–Crippen LogP) is 2.97. The first kappa shape index (κ1) is 24.5. The Bertz CT molecular complexity index is 1440. The van der Waals surface area contributed by atoms with Crippen molar-refractivity contribution in [2.45, 2.75) is 12.6 Å². The van der Waals surface area contributed by atoms with E-state index in [0.29, 0.717) is 42.7 Å². The van der Waals surface area contributed by atoms with E-state index in [0.717, 1.165) is 16.0 Å². The van der Waals surface area contributed by atoms with Gasteiger partial charge in [0.25, 0.3) is 0 Å². The van der Waals surface area contributed by atoms with Crippen LogP contribution in [-0.4, -0.2) is 68.6 Å². The number of aromatic nitrogens is 4. The number of fused-ring (bicyclic) bond motifs is 1. The standard InChI is InChI=1S/C25H24FN7O3S/c1-2-23(34)33-9-10-36-14-20(33)24(35)27-7-8-32-15-30-18-12-28-22(11-19(18)32)31-25-29-13-21(37-25)16-3-5-17(26)6-4-16/h2-6,11-13,15,20H,1,7-10,14H2,(H,27,35)(H,28,29,31)/t20-/m0/s1. The summed E-state index contributed by atoms with van der Waals surface area (Å²) in [5.74, 6) is -0.255. The fourth-order valence-electron chi connectivity index (χ4n) is 4.02. The number of carbonyl (C=O) groups is 2. The van der Waals surface area contributed by atoms with E-state index in [1.54, 1.807) is 30.9 Å². The Morgan fingerprint density at radius 3 is 2.86 bits per heavy atom. The molecule has 0 unspecified atom stereocenters. The number of nitrogens with one attached hydrogen (secondary N) is 2. The number of pyridine rings is 1. The van der Waals surface area contributed by atoms with Crippen molar-refractivity contribution in [3.63, 3.8) is 0 Å². The maximum atomic E-state index is 13.2. The number of imidazole rings is 1. The lowest BCUT2D eigenvalue weighted by atomic mass is 10.2. The Kier molecular flexibility index (Phi) is 7.19. The van der Waals surface area contributed by atoms with E-state index in [1.165, 1.54) is 34.4 Å².